The molecule has 8 nitrogen and oxygen atoms in total. The van der Waals surface area contributed by atoms with Crippen LogP contribution in [0.15, 0.2) is 0 Å². The minimum atomic E-state index is -0.948. The molecule has 0 bridgehead atoms. The zero-order chi connectivity index (χ0) is 13.1. The molecule has 8 heteroatoms. The number of hydrogen-bond acceptors (Lipinski definition) is 4. The number of rotatable bonds is 6. The number of primary amides is 2. The zero-order valence-electron chi connectivity index (χ0n) is 8.51. The van der Waals surface area contributed by atoms with Crippen molar-refractivity contribution in [2.75, 3.05) is 0 Å². The number of hydrogen-bond donors (Lipinski definition) is 4. The van der Waals surface area contributed by atoms with Crippen LogP contribution in [0.3, 0.4) is 0 Å². The van der Waals surface area contributed by atoms with Gasteiger partial charge in [0.1, 0.15) is 6.42 Å². The van der Waals surface area contributed by atoms with Crippen molar-refractivity contribution >= 4 is 23.8 Å². The van der Waals surface area contributed by atoms with Crippen molar-refractivity contribution in [1.82, 2.24) is 0 Å². The zero-order valence-corrected chi connectivity index (χ0v) is 8.51. The summed E-state index contributed by atoms with van der Waals surface area (Å²) in [5, 5.41) is 16.1. The summed E-state index contributed by atoms with van der Waals surface area (Å²) in [7, 11) is 0. The van der Waals surface area contributed by atoms with Gasteiger partial charge >= 0.3 is 11.9 Å². The van der Waals surface area contributed by atoms with Crippen molar-refractivity contribution in [3.05, 3.63) is 0 Å². The highest BCUT2D eigenvalue weighted by Gasteiger charge is 1.99. The second-order valence-electron chi connectivity index (χ2n) is 2.75. The summed E-state index contributed by atoms with van der Waals surface area (Å²) in [6.45, 7) is 0. The van der Waals surface area contributed by atoms with Crippen molar-refractivity contribution < 1.29 is 29.4 Å². The van der Waals surface area contributed by atoms with Gasteiger partial charge in [-0.15, -0.1) is 0 Å². The molecule has 0 aromatic heterocycles. The highest BCUT2D eigenvalue weighted by atomic mass is 16.4. The molecule has 6 N–H and O–H groups in total. The minimum absolute atomic E-state index is 0.0632. The first-order valence-corrected chi connectivity index (χ1v) is 4.26. The van der Waals surface area contributed by atoms with Gasteiger partial charge in [0.15, 0.2) is 0 Å². The first-order valence-electron chi connectivity index (χ1n) is 4.26. The van der Waals surface area contributed by atoms with Crippen LogP contribution in [0, 0.1) is 0 Å². The molecule has 0 aliphatic carbocycles. The molecule has 0 aromatic rings. The van der Waals surface area contributed by atoms with E-state index in [1.165, 1.54) is 0 Å². The normalized spacial score (nSPS) is 8.50. The van der Waals surface area contributed by atoms with Crippen LogP contribution >= 0.6 is 0 Å². The lowest BCUT2D eigenvalue weighted by Gasteiger charge is -1.89. The summed E-state index contributed by atoms with van der Waals surface area (Å²) in [4.78, 5) is 39.0. The molecule has 0 saturated heterocycles. The molecule has 0 rings (SSSR count). The third-order valence-corrected chi connectivity index (χ3v) is 1.13. The van der Waals surface area contributed by atoms with Crippen LogP contribution in [0.2, 0.25) is 0 Å². The molecule has 0 aliphatic rings. The van der Waals surface area contributed by atoms with E-state index in [0.29, 0.717) is 0 Å². The van der Waals surface area contributed by atoms with Crippen LogP contribution < -0.4 is 11.5 Å². The maximum Gasteiger partial charge on any atom is 0.303 e. The predicted octanol–water partition coefficient (Wildman–Crippen LogP) is -1.33. The van der Waals surface area contributed by atoms with E-state index in [0.717, 1.165) is 0 Å². The number of carboxylic acids is 2. The van der Waals surface area contributed by atoms with Gasteiger partial charge in [-0.25, -0.2) is 0 Å². The van der Waals surface area contributed by atoms with Crippen LogP contribution in [-0.4, -0.2) is 34.0 Å². The number of carbonyl (C=O) groups excluding carboxylic acids is 2. The van der Waals surface area contributed by atoms with Crippen LogP contribution in [-0.2, 0) is 19.2 Å². The number of nitrogens with two attached hydrogens (primary N) is 2. The lowest BCUT2D eigenvalue weighted by Crippen LogP contribution is -2.21. The lowest BCUT2D eigenvalue weighted by molar-refractivity contribution is -0.138. The first kappa shape index (κ1) is 16.3. The lowest BCUT2D eigenvalue weighted by atomic mass is 10.2. The second-order valence-corrected chi connectivity index (χ2v) is 2.75. The Balaban J connectivity index is 0. The molecular weight excluding hydrogens is 220 g/mol. The van der Waals surface area contributed by atoms with Gasteiger partial charge in [-0.2, -0.15) is 0 Å². The summed E-state index contributed by atoms with van der Waals surface area (Å²) >= 11 is 0. The van der Waals surface area contributed by atoms with Crippen molar-refractivity contribution in [3.8, 4) is 0 Å². The fourth-order valence-electron chi connectivity index (χ4n) is 0.563. The summed E-state index contributed by atoms with van der Waals surface area (Å²) < 4.78 is 0. The smallest absolute Gasteiger partial charge is 0.303 e. The molecule has 0 atom stereocenters. The third-order valence-electron chi connectivity index (χ3n) is 1.13. The first-order chi connectivity index (χ1) is 7.25. The summed E-state index contributed by atoms with van der Waals surface area (Å²) in [5.41, 5.74) is 9.11. The SMILES string of the molecule is NC(=O)CC(N)=O.O=C(O)CCCC(=O)O. The topological polar surface area (TPSA) is 161 Å². The van der Waals surface area contributed by atoms with Gasteiger partial charge in [-0.3, -0.25) is 19.2 Å². The van der Waals surface area contributed by atoms with Crippen molar-refractivity contribution in [2.45, 2.75) is 25.7 Å². The standard InChI is InChI=1S/C5H8O4.C3H6N2O2/c6-4(7)2-1-3-5(8)9;4-2(6)1-3(5)7/h1-3H2,(H,6,7)(H,8,9);1H2,(H2,4,6)(H2,5,7). The van der Waals surface area contributed by atoms with E-state index in [-0.39, 0.29) is 25.7 Å². The van der Waals surface area contributed by atoms with Crippen LogP contribution in [0.1, 0.15) is 25.7 Å². The van der Waals surface area contributed by atoms with Crippen molar-refractivity contribution in [3.63, 3.8) is 0 Å². The molecule has 0 heterocycles. The predicted molar refractivity (Wildman–Crippen MR) is 52.1 cm³/mol. The quantitative estimate of drug-likeness (QED) is 0.416. The van der Waals surface area contributed by atoms with E-state index in [9.17, 15) is 19.2 Å². The molecule has 16 heavy (non-hydrogen) atoms. The molecular formula is C8H14N2O6. The van der Waals surface area contributed by atoms with Crippen LogP contribution in [0.25, 0.3) is 0 Å². The average molecular weight is 234 g/mol. The Morgan fingerprint density at radius 2 is 1.12 bits per heavy atom. The highest BCUT2D eigenvalue weighted by Crippen LogP contribution is 1.93. The van der Waals surface area contributed by atoms with Gasteiger partial charge in [0.25, 0.3) is 0 Å². The molecule has 0 saturated carbocycles. The van der Waals surface area contributed by atoms with Crippen molar-refractivity contribution in [1.29, 1.82) is 0 Å². The Morgan fingerprint density at radius 1 is 0.812 bits per heavy atom. The van der Waals surface area contributed by atoms with Gasteiger partial charge in [0.2, 0.25) is 11.8 Å². The molecule has 92 valence electrons. The Bertz CT molecular complexity index is 250. The Hall–Kier alpha value is -2.12. The Labute approximate surface area is 91.2 Å². The summed E-state index contributed by atoms with van der Waals surface area (Å²) in [6.07, 6.45) is -0.275. The molecule has 0 aliphatic heterocycles. The average Bonchev–Trinajstić information content (AvgIpc) is 2.00. The van der Waals surface area contributed by atoms with E-state index in [1.807, 2.05) is 0 Å². The van der Waals surface area contributed by atoms with E-state index >= 15 is 0 Å². The van der Waals surface area contributed by atoms with Gasteiger partial charge in [-0.05, 0) is 6.42 Å². The minimum Gasteiger partial charge on any atom is -0.481 e. The number of amides is 2. The molecule has 0 fully saturated rings. The third kappa shape index (κ3) is 22.6. The maximum absolute atomic E-state index is 9.79. The molecule has 0 unspecified atom stereocenters. The molecule has 0 radical (unpaired) electrons. The number of carbonyl (C=O) groups is 4. The largest absolute Gasteiger partial charge is 0.481 e. The molecule has 2 amide bonds. The second kappa shape index (κ2) is 9.44. The number of carboxylic acid groups (broad SMARTS) is 2. The summed E-state index contributed by atoms with van der Waals surface area (Å²) in [5.74, 6) is -3.27. The fourth-order valence-corrected chi connectivity index (χ4v) is 0.563. The highest BCUT2D eigenvalue weighted by molar-refractivity contribution is 5.95. The molecule has 0 aromatic carbocycles. The van der Waals surface area contributed by atoms with E-state index in [4.69, 9.17) is 10.2 Å². The Morgan fingerprint density at radius 3 is 1.25 bits per heavy atom. The van der Waals surface area contributed by atoms with Gasteiger partial charge in [-0.1, -0.05) is 0 Å². The van der Waals surface area contributed by atoms with Gasteiger partial charge in [0.05, 0.1) is 0 Å². The van der Waals surface area contributed by atoms with Crippen molar-refractivity contribution in [2.24, 2.45) is 11.5 Å². The molecule has 0 spiro atoms. The van der Waals surface area contributed by atoms with Crippen LogP contribution in [0.5, 0.6) is 0 Å². The Kier molecular flexibility index (Phi) is 9.62. The fraction of sp³-hybridized carbons (Fsp3) is 0.500. The summed E-state index contributed by atoms with van der Waals surface area (Å²) in [6, 6.07) is 0. The van der Waals surface area contributed by atoms with Gasteiger partial charge < -0.3 is 21.7 Å². The van der Waals surface area contributed by atoms with Crippen LogP contribution in [0.4, 0.5) is 0 Å². The van der Waals surface area contributed by atoms with Gasteiger partial charge in [0, 0.05) is 12.8 Å². The monoisotopic (exact) mass is 234 g/mol. The van der Waals surface area contributed by atoms with E-state index < -0.39 is 23.8 Å². The van der Waals surface area contributed by atoms with E-state index in [2.05, 4.69) is 11.5 Å². The number of aliphatic carboxylic acids is 2. The van der Waals surface area contributed by atoms with E-state index in [1.54, 1.807) is 0 Å². The maximum atomic E-state index is 9.79.